The van der Waals surface area contributed by atoms with E-state index < -0.39 is 0 Å². The van der Waals surface area contributed by atoms with Gasteiger partial charge in [0.25, 0.3) is 5.91 Å². The zero-order chi connectivity index (χ0) is 21.4. The molecule has 30 heavy (non-hydrogen) atoms. The fourth-order valence-corrected chi connectivity index (χ4v) is 3.70. The Balaban J connectivity index is 1.71. The van der Waals surface area contributed by atoms with Gasteiger partial charge in [-0.15, -0.1) is 10.2 Å². The second kappa shape index (κ2) is 7.70. The van der Waals surface area contributed by atoms with E-state index >= 15 is 0 Å². The van der Waals surface area contributed by atoms with Crippen LogP contribution in [0.25, 0.3) is 16.6 Å². The first kappa shape index (κ1) is 19.8. The number of benzene rings is 1. The molecule has 8 nitrogen and oxygen atoms in total. The van der Waals surface area contributed by atoms with Gasteiger partial charge in [0.1, 0.15) is 5.69 Å². The fraction of sp³-hybridized carbons (Fsp3) is 0.318. The zero-order valence-corrected chi connectivity index (χ0v) is 17.7. The standard InChI is InChI=1S/C22H25N5O3/c1-13(2)20(21-25-24-19-8-6-7-9-27(19)21)23-22(28)16-10-14-11-17(29-4)18(30-5)12-15(14)26(16)3/h6-13,20H,1-5H3,(H,23,28)/t20-/m0/s1. The molecule has 0 fully saturated rings. The average Bonchev–Trinajstić information content (AvgIpc) is 3.31. The third-order valence-corrected chi connectivity index (χ3v) is 5.35. The molecule has 0 unspecified atom stereocenters. The Morgan fingerprint density at radius 3 is 2.50 bits per heavy atom. The van der Waals surface area contributed by atoms with Gasteiger partial charge in [-0.3, -0.25) is 9.20 Å². The van der Waals surface area contributed by atoms with Gasteiger partial charge >= 0.3 is 0 Å². The van der Waals surface area contributed by atoms with Crippen LogP contribution < -0.4 is 14.8 Å². The average molecular weight is 407 g/mol. The summed E-state index contributed by atoms with van der Waals surface area (Å²) in [6.45, 7) is 4.10. The number of aromatic nitrogens is 4. The minimum absolute atomic E-state index is 0.122. The molecule has 156 valence electrons. The molecule has 1 atom stereocenters. The van der Waals surface area contributed by atoms with E-state index in [9.17, 15) is 4.79 Å². The number of methoxy groups -OCH3 is 2. The van der Waals surface area contributed by atoms with E-state index in [4.69, 9.17) is 9.47 Å². The fourth-order valence-electron chi connectivity index (χ4n) is 3.70. The number of carbonyl (C=O) groups is 1. The monoisotopic (exact) mass is 407 g/mol. The van der Waals surface area contributed by atoms with Gasteiger partial charge in [0.15, 0.2) is 23.0 Å². The SMILES string of the molecule is COc1cc2cc(C(=O)N[C@H](c3nnc4ccccn34)C(C)C)n(C)c2cc1OC. The van der Waals surface area contributed by atoms with Gasteiger partial charge in [-0.1, -0.05) is 19.9 Å². The highest BCUT2D eigenvalue weighted by atomic mass is 16.5. The minimum atomic E-state index is -0.294. The molecule has 0 aliphatic carbocycles. The van der Waals surface area contributed by atoms with Gasteiger partial charge in [0.05, 0.1) is 25.8 Å². The van der Waals surface area contributed by atoms with Crippen LogP contribution in [0.1, 0.15) is 36.2 Å². The molecule has 3 heterocycles. The molecule has 0 saturated carbocycles. The molecule has 3 aromatic heterocycles. The highest BCUT2D eigenvalue weighted by Gasteiger charge is 2.26. The number of hydrogen-bond acceptors (Lipinski definition) is 5. The minimum Gasteiger partial charge on any atom is -0.493 e. The highest BCUT2D eigenvalue weighted by Crippen LogP contribution is 2.33. The first-order chi connectivity index (χ1) is 14.4. The Morgan fingerprint density at radius 1 is 1.07 bits per heavy atom. The number of amides is 1. The van der Waals surface area contributed by atoms with Crippen LogP contribution in [0.4, 0.5) is 0 Å². The van der Waals surface area contributed by atoms with Crippen LogP contribution >= 0.6 is 0 Å². The molecule has 8 heteroatoms. The van der Waals surface area contributed by atoms with E-state index in [1.165, 1.54) is 0 Å². The smallest absolute Gasteiger partial charge is 0.268 e. The van der Waals surface area contributed by atoms with Crippen molar-refractivity contribution in [1.29, 1.82) is 0 Å². The second-order valence-electron chi connectivity index (χ2n) is 7.54. The van der Waals surface area contributed by atoms with Crippen LogP contribution in [0.3, 0.4) is 0 Å². The maximum atomic E-state index is 13.2. The van der Waals surface area contributed by atoms with E-state index in [2.05, 4.69) is 15.5 Å². The van der Waals surface area contributed by atoms with Gasteiger partial charge in [-0.25, -0.2) is 0 Å². The van der Waals surface area contributed by atoms with Crippen LogP contribution in [0.15, 0.2) is 42.6 Å². The molecule has 1 N–H and O–H groups in total. The Kier molecular flexibility index (Phi) is 5.07. The molecule has 0 saturated heterocycles. The lowest BCUT2D eigenvalue weighted by atomic mass is 10.0. The predicted octanol–water partition coefficient (Wildman–Crippen LogP) is 3.37. The van der Waals surface area contributed by atoms with Gasteiger partial charge < -0.3 is 19.4 Å². The number of pyridine rings is 1. The number of aryl methyl sites for hydroxylation is 1. The number of fused-ring (bicyclic) bond motifs is 2. The maximum absolute atomic E-state index is 13.2. The van der Waals surface area contributed by atoms with Gasteiger partial charge in [-0.05, 0) is 30.2 Å². The van der Waals surface area contributed by atoms with Crippen LogP contribution in [0, 0.1) is 5.92 Å². The quantitative estimate of drug-likeness (QED) is 0.530. The summed E-state index contributed by atoms with van der Waals surface area (Å²) < 4.78 is 14.5. The van der Waals surface area contributed by atoms with Gasteiger partial charge in [0.2, 0.25) is 0 Å². The van der Waals surface area contributed by atoms with Crippen molar-refractivity contribution in [3.8, 4) is 11.5 Å². The van der Waals surface area contributed by atoms with E-state index in [0.29, 0.717) is 23.0 Å². The molecule has 1 amide bonds. The van der Waals surface area contributed by atoms with Crippen LogP contribution in [-0.2, 0) is 7.05 Å². The number of nitrogens with one attached hydrogen (secondary N) is 1. The zero-order valence-electron chi connectivity index (χ0n) is 17.7. The molecule has 0 aliphatic heterocycles. The Bertz CT molecular complexity index is 1220. The summed E-state index contributed by atoms with van der Waals surface area (Å²) in [6, 6.07) is 11.0. The molecule has 4 aromatic rings. The topological polar surface area (TPSA) is 82.7 Å². The summed E-state index contributed by atoms with van der Waals surface area (Å²) in [6.07, 6.45) is 1.90. The van der Waals surface area contributed by atoms with Gasteiger partial charge in [0, 0.05) is 24.7 Å². The summed E-state index contributed by atoms with van der Waals surface area (Å²) >= 11 is 0. The van der Waals surface area contributed by atoms with E-state index in [-0.39, 0.29) is 17.9 Å². The van der Waals surface area contributed by atoms with Crippen molar-refractivity contribution in [2.24, 2.45) is 13.0 Å². The molecule has 0 aliphatic rings. The Labute approximate surface area is 174 Å². The van der Waals surface area contributed by atoms with Crippen molar-refractivity contribution in [3.05, 3.63) is 54.1 Å². The van der Waals surface area contributed by atoms with Crippen LogP contribution in [0.2, 0.25) is 0 Å². The number of hydrogen-bond donors (Lipinski definition) is 1. The molecule has 1 aromatic carbocycles. The number of rotatable bonds is 6. The normalized spacial score (nSPS) is 12.5. The summed E-state index contributed by atoms with van der Waals surface area (Å²) in [5, 5.41) is 12.6. The maximum Gasteiger partial charge on any atom is 0.268 e. The van der Waals surface area contributed by atoms with Crippen molar-refractivity contribution in [2.45, 2.75) is 19.9 Å². The first-order valence-electron chi connectivity index (χ1n) is 9.76. The largest absolute Gasteiger partial charge is 0.493 e. The third-order valence-electron chi connectivity index (χ3n) is 5.35. The molecule has 4 rings (SSSR count). The van der Waals surface area contributed by atoms with Crippen LogP contribution in [0.5, 0.6) is 11.5 Å². The van der Waals surface area contributed by atoms with Crippen LogP contribution in [-0.4, -0.2) is 39.3 Å². The number of ether oxygens (including phenoxy) is 2. The predicted molar refractivity (Wildman–Crippen MR) is 114 cm³/mol. The summed E-state index contributed by atoms with van der Waals surface area (Å²) in [5.74, 6) is 1.89. The molecular formula is C22H25N5O3. The lowest BCUT2D eigenvalue weighted by Crippen LogP contribution is -2.34. The lowest BCUT2D eigenvalue weighted by molar-refractivity contribution is 0.0915. The number of carbonyl (C=O) groups excluding carboxylic acids is 1. The van der Waals surface area contributed by atoms with Crippen molar-refractivity contribution < 1.29 is 14.3 Å². The molecule has 0 bridgehead atoms. The van der Waals surface area contributed by atoms with E-state index in [0.717, 1.165) is 16.6 Å². The first-order valence-corrected chi connectivity index (χ1v) is 9.76. The van der Waals surface area contributed by atoms with Gasteiger partial charge in [-0.2, -0.15) is 0 Å². The molecule has 0 spiro atoms. The summed E-state index contributed by atoms with van der Waals surface area (Å²) in [7, 11) is 5.05. The molecule has 0 radical (unpaired) electrons. The Morgan fingerprint density at radius 2 is 1.80 bits per heavy atom. The van der Waals surface area contributed by atoms with E-state index in [1.54, 1.807) is 14.2 Å². The van der Waals surface area contributed by atoms with Crippen molar-refractivity contribution in [1.82, 2.24) is 24.5 Å². The molecular weight excluding hydrogens is 382 g/mol. The Hall–Kier alpha value is -3.55. The van der Waals surface area contributed by atoms with Crippen molar-refractivity contribution in [3.63, 3.8) is 0 Å². The van der Waals surface area contributed by atoms with Crippen molar-refractivity contribution in [2.75, 3.05) is 14.2 Å². The van der Waals surface area contributed by atoms with Crippen molar-refractivity contribution >= 4 is 22.5 Å². The third kappa shape index (κ3) is 3.24. The van der Waals surface area contributed by atoms with E-state index in [1.807, 2.05) is 72.5 Å². The lowest BCUT2D eigenvalue weighted by Gasteiger charge is -2.21. The number of nitrogens with zero attached hydrogens (tertiary/aromatic N) is 4. The highest BCUT2D eigenvalue weighted by molar-refractivity contribution is 5.99. The summed E-state index contributed by atoms with van der Waals surface area (Å²) in [4.78, 5) is 13.2. The summed E-state index contributed by atoms with van der Waals surface area (Å²) in [5.41, 5.74) is 2.17. The second-order valence-corrected chi connectivity index (χ2v) is 7.54.